The van der Waals surface area contributed by atoms with Crippen LogP contribution in [0.5, 0.6) is 0 Å². The van der Waals surface area contributed by atoms with Gasteiger partial charge in [0.25, 0.3) is 5.91 Å². The molecule has 4 nitrogen and oxygen atoms in total. The Kier molecular flexibility index (Phi) is 5.56. The van der Waals surface area contributed by atoms with Gasteiger partial charge in [-0.15, -0.1) is 0 Å². The van der Waals surface area contributed by atoms with Crippen molar-refractivity contribution in [2.24, 2.45) is 0 Å². The lowest BCUT2D eigenvalue weighted by Crippen LogP contribution is -2.35. The zero-order chi connectivity index (χ0) is 13.7. The van der Waals surface area contributed by atoms with Crippen LogP contribution in [0.2, 0.25) is 5.02 Å². The number of pyridine rings is 1. The van der Waals surface area contributed by atoms with Gasteiger partial charge in [0.2, 0.25) is 0 Å². The first-order chi connectivity index (χ1) is 8.40. The maximum atomic E-state index is 12.0. The van der Waals surface area contributed by atoms with Crippen molar-refractivity contribution < 1.29 is 4.79 Å². The highest BCUT2D eigenvalue weighted by atomic mass is 35.5. The van der Waals surface area contributed by atoms with Crippen molar-refractivity contribution in [1.29, 1.82) is 0 Å². The number of hydrogen-bond donors (Lipinski definition) is 1. The Hall–Kier alpha value is -1.13. The van der Waals surface area contributed by atoms with Crippen LogP contribution in [0, 0.1) is 6.92 Å². The first kappa shape index (κ1) is 14.9. The molecule has 1 N–H and O–H groups in total. The third-order valence-corrected chi connectivity index (χ3v) is 2.93. The van der Waals surface area contributed by atoms with Crippen molar-refractivity contribution >= 4 is 17.5 Å². The molecule has 0 bridgehead atoms. The van der Waals surface area contributed by atoms with E-state index in [2.05, 4.69) is 15.2 Å². The first-order valence-electron chi connectivity index (χ1n) is 5.98. The van der Waals surface area contributed by atoms with Crippen LogP contribution >= 0.6 is 11.6 Å². The quantitative estimate of drug-likeness (QED) is 0.891. The third-order valence-electron chi connectivity index (χ3n) is 2.62. The molecule has 0 spiro atoms. The molecule has 0 saturated heterocycles. The van der Waals surface area contributed by atoms with Crippen LogP contribution in [0.15, 0.2) is 12.3 Å². The molecule has 1 amide bonds. The Morgan fingerprint density at radius 3 is 2.78 bits per heavy atom. The number of nitrogens with one attached hydrogen (secondary N) is 1. The van der Waals surface area contributed by atoms with Gasteiger partial charge in [-0.3, -0.25) is 9.78 Å². The van der Waals surface area contributed by atoms with E-state index in [-0.39, 0.29) is 11.9 Å². The van der Waals surface area contributed by atoms with Gasteiger partial charge in [0.05, 0.1) is 10.6 Å². The Morgan fingerprint density at radius 2 is 2.22 bits per heavy atom. The molecular formula is C13H20ClN3O. The molecule has 0 fully saturated rings. The lowest BCUT2D eigenvalue weighted by atomic mass is 10.2. The minimum absolute atomic E-state index is 0.109. The van der Waals surface area contributed by atoms with Gasteiger partial charge in [0, 0.05) is 17.9 Å². The largest absolute Gasteiger partial charge is 0.349 e. The van der Waals surface area contributed by atoms with E-state index in [1.165, 1.54) is 6.20 Å². The molecule has 0 saturated carbocycles. The molecule has 1 aromatic heterocycles. The van der Waals surface area contributed by atoms with E-state index < -0.39 is 0 Å². The smallest absolute Gasteiger partial charge is 0.254 e. The summed E-state index contributed by atoms with van der Waals surface area (Å²) in [6.07, 6.45) is 2.42. The predicted molar refractivity (Wildman–Crippen MR) is 74.1 cm³/mol. The number of amides is 1. The zero-order valence-corrected chi connectivity index (χ0v) is 12.1. The molecule has 0 aliphatic heterocycles. The molecule has 0 aliphatic carbocycles. The lowest BCUT2D eigenvalue weighted by molar-refractivity contribution is 0.0936. The molecule has 1 rings (SSSR count). The van der Waals surface area contributed by atoms with Gasteiger partial charge in [0.1, 0.15) is 0 Å². The van der Waals surface area contributed by atoms with E-state index in [1.54, 1.807) is 6.07 Å². The second-order valence-electron chi connectivity index (χ2n) is 4.77. The van der Waals surface area contributed by atoms with Gasteiger partial charge >= 0.3 is 0 Å². The number of aromatic nitrogens is 1. The summed E-state index contributed by atoms with van der Waals surface area (Å²) < 4.78 is 0. The third kappa shape index (κ3) is 4.63. The van der Waals surface area contributed by atoms with Crippen LogP contribution in [-0.2, 0) is 0 Å². The second-order valence-corrected chi connectivity index (χ2v) is 5.18. The number of nitrogens with zero attached hydrogens (tertiary/aromatic N) is 2. The summed E-state index contributed by atoms with van der Waals surface area (Å²) in [6.45, 7) is 4.76. The monoisotopic (exact) mass is 269 g/mol. The van der Waals surface area contributed by atoms with E-state index >= 15 is 0 Å². The topological polar surface area (TPSA) is 45.2 Å². The van der Waals surface area contributed by atoms with Crippen LogP contribution in [0.4, 0.5) is 0 Å². The molecule has 1 heterocycles. The molecular weight excluding hydrogens is 250 g/mol. The van der Waals surface area contributed by atoms with E-state index in [9.17, 15) is 4.79 Å². The number of hydrogen-bond acceptors (Lipinski definition) is 3. The molecule has 1 aromatic rings. The highest BCUT2D eigenvalue weighted by Gasteiger charge is 2.13. The Bertz CT molecular complexity index is 421. The SMILES string of the molecule is Cc1cc(Cl)c(C(=O)NC(C)CCN(C)C)cn1. The van der Waals surface area contributed by atoms with Gasteiger partial charge in [-0.05, 0) is 47.0 Å². The van der Waals surface area contributed by atoms with Crippen LogP contribution in [0.25, 0.3) is 0 Å². The number of halogens is 1. The average Bonchev–Trinajstić information content (AvgIpc) is 2.26. The summed E-state index contributed by atoms with van der Waals surface area (Å²) in [5.74, 6) is -0.168. The second kappa shape index (κ2) is 6.71. The highest BCUT2D eigenvalue weighted by molar-refractivity contribution is 6.33. The Labute approximate surface area is 113 Å². The van der Waals surface area contributed by atoms with Crippen molar-refractivity contribution in [3.05, 3.63) is 28.5 Å². The summed E-state index contributed by atoms with van der Waals surface area (Å²) in [4.78, 5) is 18.2. The zero-order valence-electron chi connectivity index (χ0n) is 11.3. The molecule has 1 atom stereocenters. The molecule has 0 aliphatic rings. The van der Waals surface area contributed by atoms with Crippen molar-refractivity contribution in [2.45, 2.75) is 26.3 Å². The van der Waals surface area contributed by atoms with Gasteiger partial charge < -0.3 is 10.2 Å². The summed E-state index contributed by atoms with van der Waals surface area (Å²) in [5.41, 5.74) is 1.23. The molecule has 18 heavy (non-hydrogen) atoms. The maximum Gasteiger partial charge on any atom is 0.254 e. The standard InChI is InChI=1S/C13H20ClN3O/c1-9(5-6-17(3)4)16-13(18)11-8-15-10(2)7-12(11)14/h7-9H,5-6H2,1-4H3,(H,16,18). The lowest BCUT2D eigenvalue weighted by Gasteiger charge is -2.17. The fourth-order valence-corrected chi connectivity index (χ4v) is 1.81. The average molecular weight is 270 g/mol. The molecule has 1 unspecified atom stereocenters. The fourth-order valence-electron chi connectivity index (χ4n) is 1.52. The maximum absolute atomic E-state index is 12.0. The Morgan fingerprint density at radius 1 is 1.56 bits per heavy atom. The van der Waals surface area contributed by atoms with Gasteiger partial charge in [-0.1, -0.05) is 11.6 Å². The van der Waals surface area contributed by atoms with E-state index in [1.807, 2.05) is 27.9 Å². The van der Waals surface area contributed by atoms with E-state index in [4.69, 9.17) is 11.6 Å². The molecule has 0 radical (unpaired) electrons. The summed E-state index contributed by atoms with van der Waals surface area (Å²) in [7, 11) is 4.02. The van der Waals surface area contributed by atoms with Crippen molar-refractivity contribution in [3.8, 4) is 0 Å². The van der Waals surface area contributed by atoms with Crippen LogP contribution < -0.4 is 5.32 Å². The van der Waals surface area contributed by atoms with Gasteiger partial charge in [-0.2, -0.15) is 0 Å². The molecule has 100 valence electrons. The number of carbonyl (C=O) groups excluding carboxylic acids is 1. The fraction of sp³-hybridized carbons (Fsp3) is 0.538. The van der Waals surface area contributed by atoms with Crippen LogP contribution in [0.3, 0.4) is 0 Å². The summed E-state index contributed by atoms with van der Waals surface area (Å²) in [5, 5.41) is 3.37. The molecule has 0 aromatic carbocycles. The van der Waals surface area contributed by atoms with Gasteiger partial charge in [0.15, 0.2) is 0 Å². The summed E-state index contributed by atoms with van der Waals surface area (Å²) >= 11 is 6.03. The van der Waals surface area contributed by atoms with Crippen LogP contribution in [-0.4, -0.2) is 42.5 Å². The first-order valence-corrected chi connectivity index (χ1v) is 6.35. The van der Waals surface area contributed by atoms with Crippen molar-refractivity contribution in [2.75, 3.05) is 20.6 Å². The van der Waals surface area contributed by atoms with Crippen LogP contribution in [0.1, 0.15) is 29.4 Å². The minimum atomic E-state index is -0.168. The van der Waals surface area contributed by atoms with Crippen molar-refractivity contribution in [3.63, 3.8) is 0 Å². The number of aryl methyl sites for hydroxylation is 1. The van der Waals surface area contributed by atoms with E-state index in [0.717, 1.165) is 18.7 Å². The van der Waals surface area contributed by atoms with Gasteiger partial charge in [-0.25, -0.2) is 0 Å². The predicted octanol–water partition coefficient (Wildman–Crippen LogP) is 2.11. The number of rotatable bonds is 5. The highest BCUT2D eigenvalue weighted by Crippen LogP contribution is 2.15. The Balaban J connectivity index is 2.59. The minimum Gasteiger partial charge on any atom is -0.349 e. The summed E-state index contributed by atoms with van der Waals surface area (Å²) in [6, 6.07) is 1.80. The normalized spacial score (nSPS) is 12.6. The number of carbonyl (C=O) groups is 1. The van der Waals surface area contributed by atoms with Crippen molar-refractivity contribution in [1.82, 2.24) is 15.2 Å². The molecule has 5 heteroatoms. The van der Waals surface area contributed by atoms with E-state index in [0.29, 0.717) is 10.6 Å².